The first kappa shape index (κ1) is 16.2. The number of hydrogen-bond donors (Lipinski definition) is 2. The van der Waals surface area contributed by atoms with Gasteiger partial charge in [0.05, 0.1) is 12.2 Å². The molecule has 0 atom stereocenters. The van der Waals surface area contributed by atoms with Crippen molar-refractivity contribution in [1.82, 2.24) is 15.6 Å². The van der Waals surface area contributed by atoms with E-state index in [4.69, 9.17) is 13.9 Å². The Labute approximate surface area is 141 Å². The fraction of sp³-hybridized carbons (Fsp3) is 0.412. The van der Waals surface area contributed by atoms with E-state index in [9.17, 15) is 0 Å². The molecule has 1 aliphatic heterocycles. The van der Waals surface area contributed by atoms with E-state index in [0.717, 1.165) is 35.9 Å². The average Bonchev–Trinajstić information content (AvgIpc) is 3.17. The van der Waals surface area contributed by atoms with Crippen LogP contribution in [0.3, 0.4) is 0 Å². The SMILES string of the molecule is CN=C(NCCc1ccc2c(c1)OCO2)NCc1nc(C)c(C)o1. The monoisotopic (exact) mass is 330 g/mol. The van der Waals surface area contributed by atoms with Gasteiger partial charge in [-0.15, -0.1) is 0 Å². The molecule has 0 unspecified atom stereocenters. The lowest BCUT2D eigenvalue weighted by Gasteiger charge is -2.10. The van der Waals surface area contributed by atoms with Crippen LogP contribution >= 0.6 is 0 Å². The van der Waals surface area contributed by atoms with Crippen molar-refractivity contribution in [3.05, 3.63) is 41.1 Å². The summed E-state index contributed by atoms with van der Waals surface area (Å²) in [4.78, 5) is 8.54. The molecular formula is C17H22N4O3. The molecule has 7 nitrogen and oxygen atoms in total. The van der Waals surface area contributed by atoms with E-state index in [0.29, 0.717) is 25.2 Å². The van der Waals surface area contributed by atoms with Crippen LogP contribution < -0.4 is 20.1 Å². The van der Waals surface area contributed by atoms with Crippen LogP contribution in [0.1, 0.15) is 22.9 Å². The van der Waals surface area contributed by atoms with Crippen LogP contribution in [-0.2, 0) is 13.0 Å². The molecule has 1 aromatic carbocycles. The summed E-state index contributed by atoms with van der Waals surface area (Å²) in [6, 6.07) is 6.00. The van der Waals surface area contributed by atoms with Gasteiger partial charge < -0.3 is 24.5 Å². The maximum Gasteiger partial charge on any atom is 0.231 e. The number of guanidine groups is 1. The number of oxazole rings is 1. The van der Waals surface area contributed by atoms with E-state index < -0.39 is 0 Å². The van der Waals surface area contributed by atoms with E-state index in [-0.39, 0.29) is 0 Å². The predicted octanol–water partition coefficient (Wildman–Crippen LogP) is 1.93. The van der Waals surface area contributed by atoms with E-state index in [1.54, 1.807) is 7.05 Å². The smallest absolute Gasteiger partial charge is 0.231 e. The van der Waals surface area contributed by atoms with Crippen molar-refractivity contribution < 1.29 is 13.9 Å². The number of rotatable bonds is 5. The standard InChI is InChI=1S/C17H22N4O3/c1-11-12(2)24-16(21-11)9-20-17(18-3)19-7-6-13-4-5-14-15(8-13)23-10-22-14/h4-5,8H,6-7,9-10H2,1-3H3,(H2,18,19,20). The highest BCUT2D eigenvalue weighted by atomic mass is 16.7. The number of benzene rings is 1. The van der Waals surface area contributed by atoms with Crippen molar-refractivity contribution >= 4 is 5.96 Å². The van der Waals surface area contributed by atoms with Crippen LogP contribution in [0.2, 0.25) is 0 Å². The van der Waals surface area contributed by atoms with Crippen LogP contribution in [0, 0.1) is 13.8 Å². The molecule has 0 bridgehead atoms. The Morgan fingerprint density at radius 1 is 1.21 bits per heavy atom. The molecular weight excluding hydrogens is 308 g/mol. The maximum atomic E-state index is 5.54. The van der Waals surface area contributed by atoms with Gasteiger partial charge in [0.25, 0.3) is 0 Å². The Balaban J connectivity index is 1.46. The zero-order valence-corrected chi connectivity index (χ0v) is 14.2. The zero-order chi connectivity index (χ0) is 16.9. The van der Waals surface area contributed by atoms with Gasteiger partial charge >= 0.3 is 0 Å². The highest BCUT2D eigenvalue weighted by Crippen LogP contribution is 2.32. The van der Waals surface area contributed by atoms with Crippen molar-refractivity contribution in [2.75, 3.05) is 20.4 Å². The van der Waals surface area contributed by atoms with E-state index in [1.165, 1.54) is 5.56 Å². The minimum Gasteiger partial charge on any atom is -0.454 e. The third kappa shape index (κ3) is 3.79. The Morgan fingerprint density at radius 2 is 2.04 bits per heavy atom. The lowest BCUT2D eigenvalue weighted by molar-refractivity contribution is 0.174. The lowest BCUT2D eigenvalue weighted by Crippen LogP contribution is -2.37. The summed E-state index contributed by atoms with van der Waals surface area (Å²) in [5.74, 6) is 3.83. The molecule has 0 aliphatic carbocycles. The van der Waals surface area contributed by atoms with Crippen LogP contribution in [0.15, 0.2) is 27.6 Å². The van der Waals surface area contributed by atoms with Gasteiger partial charge in [-0.3, -0.25) is 4.99 Å². The summed E-state index contributed by atoms with van der Waals surface area (Å²) < 4.78 is 16.3. The second-order valence-electron chi connectivity index (χ2n) is 5.54. The van der Waals surface area contributed by atoms with Gasteiger partial charge in [-0.2, -0.15) is 0 Å². The predicted molar refractivity (Wildman–Crippen MR) is 90.4 cm³/mol. The van der Waals surface area contributed by atoms with Crippen molar-refractivity contribution in [2.24, 2.45) is 4.99 Å². The third-order valence-electron chi connectivity index (χ3n) is 3.85. The molecule has 2 heterocycles. The van der Waals surface area contributed by atoms with Crippen molar-refractivity contribution in [2.45, 2.75) is 26.8 Å². The van der Waals surface area contributed by atoms with Crippen molar-refractivity contribution in [3.8, 4) is 11.5 Å². The first-order valence-electron chi connectivity index (χ1n) is 7.91. The van der Waals surface area contributed by atoms with E-state index >= 15 is 0 Å². The molecule has 24 heavy (non-hydrogen) atoms. The Kier molecular flexibility index (Phi) is 4.88. The fourth-order valence-electron chi connectivity index (χ4n) is 2.42. The second kappa shape index (κ2) is 7.25. The molecule has 3 rings (SSSR count). The van der Waals surface area contributed by atoms with Gasteiger partial charge in [0, 0.05) is 13.6 Å². The molecule has 128 valence electrons. The van der Waals surface area contributed by atoms with Crippen molar-refractivity contribution in [1.29, 1.82) is 0 Å². The summed E-state index contributed by atoms with van der Waals surface area (Å²) in [7, 11) is 1.74. The Bertz CT molecular complexity index is 720. The number of ether oxygens (including phenoxy) is 2. The molecule has 0 saturated carbocycles. The third-order valence-corrected chi connectivity index (χ3v) is 3.85. The largest absolute Gasteiger partial charge is 0.454 e. The summed E-state index contributed by atoms with van der Waals surface area (Å²) in [5, 5.41) is 6.47. The molecule has 7 heteroatoms. The molecule has 0 spiro atoms. The number of aryl methyl sites for hydroxylation is 2. The number of fused-ring (bicyclic) bond motifs is 1. The molecule has 2 N–H and O–H groups in total. The topological polar surface area (TPSA) is 80.9 Å². The van der Waals surface area contributed by atoms with Gasteiger partial charge in [-0.25, -0.2) is 4.98 Å². The van der Waals surface area contributed by atoms with Crippen LogP contribution in [-0.4, -0.2) is 31.3 Å². The first-order valence-corrected chi connectivity index (χ1v) is 7.91. The number of nitrogens with one attached hydrogen (secondary N) is 2. The van der Waals surface area contributed by atoms with Gasteiger partial charge in [-0.1, -0.05) is 6.07 Å². The van der Waals surface area contributed by atoms with Crippen LogP contribution in [0.25, 0.3) is 0 Å². The summed E-state index contributed by atoms with van der Waals surface area (Å²) in [6.45, 7) is 5.39. The van der Waals surface area contributed by atoms with E-state index in [2.05, 4.69) is 20.6 Å². The summed E-state index contributed by atoms with van der Waals surface area (Å²) in [5.41, 5.74) is 2.10. The minimum atomic E-state index is 0.299. The summed E-state index contributed by atoms with van der Waals surface area (Å²) in [6.07, 6.45) is 0.856. The Hall–Kier alpha value is -2.70. The van der Waals surface area contributed by atoms with E-state index in [1.807, 2.05) is 32.0 Å². The van der Waals surface area contributed by atoms with Crippen LogP contribution in [0.5, 0.6) is 11.5 Å². The normalized spacial score (nSPS) is 13.2. The molecule has 0 radical (unpaired) electrons. The molecule has 1 aromatic heterocycles. The molecule has 0 fully saturated rings. The average molecular weight is 330 g/mol. The van der Waals surface area contributed by atoms with Gasteiger partial charge in [0.2, 0.25) is 12.7 Å². The quantitative estimate of drug-likeness (QED) is 0.644. The molecule has 1 aliphatic rings. The lowest BCUT2D eigenvalue weighted by atomic mass is 10.1. The highest BCUT2D eigenvalue weighted by molar-refractivity contribution is 5.79. The first-order chi connectivity index (χ1) is 11.7. The zero-order valence-electron chi connectivity index (χ0n) is 14.2. The number of nitrogens with zero attached hydrogens (tertiary/aromatic N) is 2. The minimum absolute atomic E-state index is 0.299. The molecule has 0 saturated heterocycles. The fourth-order valence-corrected chi connectivity index (χ4v) is 2.42. The molecule has 2 aromatic rings. The maximum absolute atomic E-state index is 5.54. The van der Waals surface area contributed by atoms with Crippen LogP contribution in [0.4, 0.5) is 0 Å². The number of aromatic nitrogens is 1. The number of hydrogen-bond acceptors (Lipinski definition) is 5. The Morgan fingerprint density at radius 3 is 2.79 bits per heavy atom. The number of aliphatic imine (C=N–C) groups is 1. The van der Waals surface area contributed by atoms with Gasteiger partial charge in [0.15, 0.2) is 17.5 Å². The molecule has 0 amide bonds. The summed E-state index contributed by atoms with van der Waals surface area (Å²) >= 11 is 0. The van der Waals surface area contributed by atoms with Gasteiger partial charge in [-0.05, 0) is 38.0 Å². The van der Waals surface area contributed by atoms with Crippen molar-refractivity contribution in [3.63, 3.8) is 0 Å². The van der Waals surface area contributed by atoms with Gasteiger partial charge in [0.1, 0.15) is 5.76 Å². The second-order valence-corrected chi connectivity index (χ2v) is 5.54. The highest BCUT2D eigenvalue weighted by Gasteiger charge is 2.13.